The van der Waals surface area contributed by atoms with Crippen LogP contribution in [-0.4, -0.2) is 35.0 Å². The lowest BCUT2D eigenvalue weighted by Crippen LogP contribution is -2.23. The molecule has 0 bridgehead atoms. The van der Waals surface area contributed by atoms with Crippen molar-refractivity contribution in [1.82, 2.24) is 0 Å². The Labute approximate surface area is 122 Å². The molecule has 2 rings (SSSR count). The van der Waals surface area contributed by atoms with E-state index < -0.39 is 0 Å². The summed E-state index contributed by atoms with van der Waals surface area (Å²) < 4.78 is 1.89. The molecule has 0 N–H and O–H groups in total. The van der Waals surface area contributed by atoms with E-state index in [0.29, 0.717) is 24.9 Å². The van der Waals surface area contributed by atoms with E-state index in [1.165, 1.54) is 51.0 Å². The van der Waals surface area contributed by atoms with Gasteiger partial charge in [0.05, 0.1) is 0 Å². The van der Waals surface area contributed by atoms with Gasteiger partial charge in [-0.2, -0.15) is 0 Å². The molecule has 0 aromatic rings. The molecule has 0 aliphatic heterocycles. The molecule has 114 valence electrons. The third-order valence-electron chi connectivity index (χ3n) is 4.72. The molecule has 2 fully saturated rings. The molecule has 0 aromatic heterocycles. The van der Waals surface area contributed by atoms with Crippen molar-refractivity contribution >= 4 is 12.4 Å². The normalized spacial score (nSPS) is 24.0. The summed E-state index contributed by atoms with van der Waals surface area (Å²) in [5.74, 6) is 1.04. The first-order valence-electron chi connectivity index (χ1n) is 8.30. The third-order valence-corrected chi connectivity index (χ3v) is 4.72. The van der Waals surface area contributed by atoms with Crippen molar-refractivity contribution < 1.29 is 9.48 Å². The molecule has 0 saturated heterocycles. The maximum atomic E-state index is 11.8. The van der Waals surface area contributed by atoms with E-state index in [9.17, 15) is 10.4 Å². The average Bonchev–Trinajstić information content (AvgIpc) is 2.47. The molecule has 0 atom stereocenters. The van der Waals surface area contributed by atoms with Crippen LogP contribution in [0.15, 0.2) is 0 Å². The number of hydroxylamine groups is 2. The summed E-state index contributed by atoms with van der Waals surface area (Å²) in [4.78, 5) is 0. The maximum absolute atomic E-state index is 11.8. The second-order valence-corrected chi connectivity index (χ2v) is 6.51. The van der Waals surface area contributed by atoms with E-state index in [0.717, 1.165) is 35.2 Å². The van der Waals surface area contributed by atoms with Crippen LogP contribution < -0.4 is 0 Å². The molecule has 0 radical (unpaired) electrons. The van der Waals surface area contributed by atoms with Crippen LogP contribution in [0.2, 0.25) is 0 Å². The van der Waals surface area contributed by atoms with Gasteiger partial charge in [-0.1, -0.05) is 38.5 Å². The number of rotatable bonds is 5. The molecule has 4 heteroatoms. The van der Waals surface area contributed by atoms with E-state index in [1.807, 2.05) is 0 Å². The molecule has 2 aliphatic carbocycles. The molecule has 0 aromatic carbocycles. The third kappa shape index (κ3) is 5.51. The van der Waals surface area contributed by atoms with Gasteiger partial charge < -0.3 is 10.4 Å². The van der Waals surface area contributed by atoms with E-state index in [1.54, 1.807) is 0 Å². The summed E-state index contributed by atoms with van der Waals surface area (Å²) in [5.41, 5.74) is 0. The molecule has 0 unspecified atom stereocenters. The Bertz CT molecular complexity index is 306. The quantitative estimate of drug-likeness (QED) is 0.336. The Kier molecular flexibility index (Phi) is 6.34. The molecule has 2 aliphatic rings. The predicted octanol–water partition coefficient (Wildman–Crippen LogP) is 3.31. The second kappa shape index (κ2) is 8.28. The van der Waals surface area contributed by atoms with Crippen LogP contribution in [-0.2, 0) is 0 Å². The maximum Gasteiger partial charge on any atom is 0.239 e. The molecule has 20 heavy (non-hydrogen) atoms. The molecule has 0 heterocycles. The van der Waals surface area contributed by atoms with Gasteiger partial charge in [-0.05, 0) is 25.7 Å². The summed E-state index contributed by atoms with van der Waals surface area (Å²) in [5, 5.41) is 23.5. The van der Waals surface area contributed by atoms with Crippen molar-refractivity contribution in [2.45, 2.75) is 64.2 Å². The Morgan fingerprint density at radius 2 is 1.00 bits per heavy atom. The van der Waals surface area contributed by atoms with Crippen molar-refractivity contribution in [3.8, 4) is 0 Å². The van der Waals surface area contributed by atoms with Gasteiger partial charge in [-0.15, -0.1) is 0 Å². The smallest absolute Gasteiger partial charge is 0.239 e. The Hall–Kier alpha value is -1.06. The zero-order valence-electron chi connectivity index (χ0n) is 12.5. The van der Waals surface area contributed by atoms with Crippen LogP contribution in [0.1, 0.15) is 64.2 Å². The molecule has 4 nitrogen and oxygen atoms in total. The minimum atomic E-state index is 0.518. The van der Waals surface area contributed by atoms with Crippen molar-refractivity contribution in [3.63, 3.8) is 0 Å². The average molecular weight is 280 g/mol. The van der Waals surface area contributed by atoms with Gasteiger partial charge >= 0.3 is 0 Å². The van der Waals surface area contributed by atoms with Crippen LogP contribution in [0.3, 0.4) is 0 Å². The molecule has 0 spiro atoms. The van der Waals surface area contributed by atoms with Crippen LogP contribution in [0.5, 0.6) is 0 Å². The molecular formula is C16H28N2O2. The Morgan fingerprint density at radius 1 is 0.650 bits per heavy atom. The summed E-state index contributed by atoms with van der Waals surface area (Å²) in [6.45, 7) is 1.10. The highest BCUT2D eigenvalue weighted by molar-refractivity contribution is 6.10. The SMILES string of the molecule is [O-]/[N+](=C\C=[N+](/[O-])CC1CCCCC1)CC1CCCCC1. The fraction of sp³-hybridized carbons (Fsp3) is 0.875. The van der Waals surface area contributed by atoms with E-state index >= 15 is 0 Å². The lowest BCUT2D eigenvalue weighted by molar-refractivity contribution is -0.474. The van der Waals surface area contributed by atoms with Crippen molar-refractivity contribution in [2.75, 3.05) is 13.1 Å². The standard InChI is InChI=1S/C16H28N2O2/c19-17(13-15-7-3-1-4-8-15)11-12-18(20)14-16-9-5-2-6-10-16/h11-12,15-16H,1-10,13-14H2/b17-11-,18-12-. The van der Waals surface area contributed by atoms with Crippen molar-refractivity contribution in [3.05, 3.63) is 10.4 Å². The fourth-order valence-electron chi connectivity index (χ4n) is 3.52. The van der Waals surface area contributed by atoms with Crippen LogP contribution in [0.4, 0.5) is 0 Å². The minimum absolute atomic E-state index is 0.518. The first kappa shape index (κ1) is 15.3. The largest absolute Gasteiger partial charge is 0.624 e. The minimum Gasteiger partial charge on any atom is -0.624 e. The van der Waals surface area contributed by atoms with E-state index in [4.69, 9.17) is 0 Å². The first-order valence-corrected chi connectivity index (χ1v) is 8.30. The number of hydrogen-bond donors (Lipinski definition) is 0. The van der Waals surface area contributed by atoms with Gasteiger partial charge in [0.2, 0.25) is 12.4 Å². The first-order chi connectivity index (χ1) is 9.74. The highest BCUT2D eigenvalue weighted by Crippen LogP contribution is 2.24. The highest BCUT2D eigenvalue weighted by atomic mass is 16.5. The number of hydrogen-bond acceptors (Lipinski definition) is 2. The molecule has 0 amide bonds. The lowest BCUT2D eigenvalue weighted by atomic mass is 9.89. The topological polar surface area (TPSA) is 52.1 Å². The zero-order valence-corrected chi connectivity index (χ0v) is 12.5. The van der Waals surface area contributed by atoms with Crippen LogP contribution >= 0.6 is 0 Å². The Balaban J connectivity index is 1.74. The van der Waals surface area contributed by atoms with Crippen LogP contribution in [0, 0.1) is 22.3 Å². The Morgan fingerprint density at radius 3 is 1.35 bits per heavy atom. The molecule has 2 saturated carbocycles. The van der Waals surface area contributed by atoms with Gasteiger partial charge in [0, 0.05) is 11.8 Å². The summed E-state index contributed by atoms with van der Waals surface area (Å²) in [6, 6.07) is 0. The van der Waals surface area contributed by atoms with Gasteiger partial charge in [0.1, 0.15) is 0 Å². The van der Waals surface area contributed by atoms with Crippen molar-refractivity contribution in [2.24, 2.45) is 11.8 Å². The monoisotopic (exact) mass is 280 g/mol. The summed E-state index contributed by atoms with van der Waals surface area (Å²) in [6.07, 6.45) is 15.1. The fourth-order valence-corrected chi connectivity index (χ4v) is 3.52. The van der Waals surface area contributed by atoms with E-state index in [-0.39, 0.29) is 0 Å². The number of nitrogens with zero attached hydrogens (tertiary/aromatic N) is 2. The van der Waals surface area contributed by atoms with Gasteiger partial charge in [-0.25, -0.2) is 9.48 Å². The van der Waals surface area contributed by atoms with E-state index in [2.05, 4.69) is 0 Å². The lowest BCUT2D eigenvalue weighted by Gasteiger charge is -2.20. The van der Waals surface area contributed by atoms with Gasteiger partial charge in [-0.3, -0.25) is 0 Å². The highest BCUT2D eigenvalue weighted by Gasteiger charge is 2.18. The van der Waals surface area contributed by atoms with Gasteiger partial charge in [0.15, 0.2) is 13.1 Å². The summed E-state index contributed by atoms with van der Waals surface area (Å²) >= 11 is 0. The predicted molar refractivity (Wildman–Crippen MR) is 82.3 cm³/mol. The van der Waals surface area contributed by atoms with Gasteiger partial charge in [0.25, 0.3) is 0 Å². The zero-order chi connectivity index (χ0) is 14.2. The summed E-state index contributed by atoms with van der Waals surface area (Å²) in [7, 11) is 0. The van der Waals surface area contributed by atoms with Crippen molar-refractivity contribution in [1.29, 1.82) is 0 Å². The molecular weight excluding hydrogens is 252 g/mol. The van der Waals surface area contributed by atoms with Crippen LogP contribution in [0.25, 0.3) is 0 Å². The second-order valence-electron chi connectivity index (χ2n) is 6.51.